The Hall–Kier alpha value is 0. The van der Waals surface area contributed by atoms with Gasteiger partial charge in [-0.05, 0) is 0 Å². The highest BCUT2D eigenvalue weighted by atomic mass is 14.0. The van der Waals surface area contributed by atoms with Gasteiger partial charge >= 0.3 is 0 Å². The number of hydrogen-bond donors (Lipinski definition) is 0. The Balaban J connectivity index is 0.000000130. The molecule has 4 aliphatic carbocycles. The van der Waals surface area contributed by atoms with Crippen LogP contribution in [0.15, 0.2) is 0 Å². The van der Waals surface area contributed by atoms with Gasteiger partial charge in [-0.2, -0.15) is 0 Å². The largest absolute Gasteiger partial charge is 0.0533 e. The molecule has 0 heterocycles. The topological polar surface area (TPSA) is 0 Å². The van der Waals surface area contributed by atoms with Crippen LogP contribution in [0.4, 0.5) is 0 Å². The van der Waals surface area contributed by atoms with Crippen molar-refractivity contribution in [3.63, 3.8) is 0 Å². The second-order valence-electron chi connectivity index (χ2n) is 6.72. The molecule has 0 aromatic carbocycles. The van der Waals surface area contributed by atoms with Crippen LogP contribution in [0.2, 0.25) is 0 Å². The molecule has 0 nitrogen and oxygen atoms in total. The van der Waals surface area contributed by atoms with Crippen LogP contribution >= 0.6 is 0 Å². The third-order valence-electron chi connectivity index (χ3n) is 4.35. The lowest BCUT2D eigenvalue weighted by molar-refractivity contribution is 0.504. The van der Waals surface area contributed by atoms with E-state index in [9.17, 15) is 0 Å². The monoisotopic (exact) mass is 266 g/mol. The first-order valence-corrected chi connectivity index (χ1v) is 9.50. The fourth-order valence-electron chi connectivity index (χ4n) is 2.83. The van der Waals surface area contributed by atoms with Crippen molar-refractivity contribution in [2.75, 3.05) is 0 Å². The minimum absolute atomic E-state index is 1.50. The van der Waals surface area contributed by atoms with E-state index in [1.807, 2.05) is 0 Å². The van der Waals surface area contributed by atoms with Crippen LogP contribution in [0.25, 0.3) is 0 Å². The predicted molar refractivity (Wildman–Crippen MR) is 87.7 cm³/mol. The van der Waals surface area contributed by atoms with E-state index in [-0.39, 0.29) is 0 Å². The van der Waals surface area contributed by atoms with Crippen LogP contribution in [0.3, 0.4) is 0 Å². The van der Waals surface area contributed by atoms with Gasteiger partial charge in [0, 0.05) is 0 Å². The Kier molecular flexibility index (Phi) is 12.9. The summed E-state index contributed by atoms with van der Waals surface area (Å²) in [6.45, 7) is 0. The summed E-state index contributed by atoms with van der Waals surface area (Å²) in [4.78, 5) is 0. The van der Waals surface area contributed by atoms with Crippen LogP contribution < -0.4 is 0 Å². The molecule has 0 aromatic rings. The molecule has 0 radical (unpaired) electrons. The lowest BCUT2D eigenvalue weighted by Gasteiger charge is -2.05. The highest BCUT2D eigenvalue weighted by molar-refractivity contribution is 4.52. The second kappa shape index (κ2) is 14.4. The summed E-state index contributed by atoms with van der Waals surface area (Å²) in [5.74, 6) is 0. The molecule has 0 saturated heterocycles. The molecule has 4 fully saturated rings. The Labute approximate surface area is 122 Å². The van der Waals surface area contributed by atoms with Crippen molar-refractivity contribution in [2.45, 2.75) is 122 Å². The van der Waals surface area contributed by atoms with Crippen LogP contribution in [0.5, 0.6) is 0 Å². The van der Waals surface area contributed by atoms with E-state index in [0.29, 0.717) is 0 Å². The van der Waals surface area contributed by atoms with Gasteiger partial charge in [-0.15, -0.1) is 0 Å². The minimum Gasteiger partial charge on any atom is -0.0533 e. The smallest absolute Gasteiger partial charge is 0.0533 e. The molecule has 4 aliphatic rings. The first-order chi connectivity index (χ1) is 9.50. The van der Waals surface area contributed by atoms with E-state index in [2.05, 4.69) is 0 Å². The molecule has 19 heavy (non-hydrogen) atoms. The van der Waals surface area contributed by atoms with Crippen LogP contribution in [-0.4, -0.2) is 0 Å². The van der Waals surface area contributed by atoms with Crippen molar-refractivity contribution >= 4 is 0 Å². The molecule has 4 saturated carbocycles. The van der Waals surface area contributed by atoms with Gasteiger partial charge in [-0.25, -0.2) is 0 Å². The quantitative estimate of drug-likeness (QED) is 0.428. The van der Waals surface area contributed by atoms with Gasteiger partial charge in [0.15, 0.2) is 0 Å². The van der Waals surface area contributed by atoms with Gasteiger partial charge in [0.2, 0.25) is 0 Å². The summed E-state index contributed by atoms with van der Waals surface area (Å²) < 4.78 is 0. The van der Waals surface area contributed by atoms with Crippen molar-refractivity contribution < 1.29 is 0 Å². The van der Waals surface area contributed by atoms with E-state index in [4.69, 9.17) is 0 Å². The zero-order chi connectivity index (χ0) is 13.4. The van der Waals surface area contributed by atoms with Gasteiger partial charge in [0.05, 0.1) is 0 Å². The standard InChI is InChI=1S/C6H12.2C5H10.C3H6/c1-2-4-6-5-3-1;2*1-2-4-5-3-1;1-2-3-1/h1-6H2;2*1-5H2;1-3H2. The SMILES string of the molecule is C1CC1.C1CCCC1.C1CCCC1.C1CCCCC1. The molecule has 0 N–H and O–H groups in total. The average molecular weight is 267 g/mol. The fourth-order valence-corrected chi connectivity index (χ4v) is 2.83. The molecule has 0 atom stereocenters. The molecule has 0 bridgehead atoms. The minimum atomic E-state index is 1.50. The first kappa shape index (κ1) is 17.1. The molecule has 4 rings (SSSR count). The van der Waals surface area contributed by atoms with E-state index in [1.165, 1.54) is 122 Å². The highest BCUT2D eigenvalue weighted by Crippen LogP contribution is 2.16. The van der Waals surface area contributed by atoms with Crippen molar-refractivity contribution in [1.82, 2.24) is 0 Å². The summed E-state index contributed by atoms with van der Waals surface area (Å²) in [5, 5.41) is 0. The maximum Gasteiger partial charge on any atom is -0.0533 e. The summed E-state index contributed by atoms with van der Waals surface area (Å²) in [6.07, 6.45) is 28.5. The van der Waals surface area contributed by atoms with E-state index in [0.717, 1.165) is 0 Å². The van der Waals surface area contributed by atoms with Gasteiger partial charge < -0.3 is 0 Å². The summed E-state index contributed by atoms with van der Waals surface area (Å²) in [6, 6.07) is 0. The average Bonchev–Trinajstić information content (AvgIpc) is 3.06. The van der Waals surface area contributed by atoms with Crippen molar-refractivity contribution in [2.24, 2.45) is 0 Å². The number of hydrogen-bond acceptors (Lipinski definition) is 0. The number of rotatable bonds is 0. The molecule has 0 aliphatic heterocycles. The van der Waals surface area contributed by atoms with Crippen LogP contribution in [0.1, 0.15) is 122 Å². The molecular weight excluding hydrogens is 228 g/mol. The second-order valence-corrected chi connectivity index (χ2v) is 6.72. The maximum atomic E-state index is 1.50. The summed E-state index contributed by atoms with van der Waals surface area (Å²) in [7, 11) is 0. The van der Waals surface area contributed by atoms with Gasteiger partial charge in [0.1, 0.15) is 0 Å². The zero-order valence-electron chi connectivity index (χ0n) is 13.4. The molecule has 0 spiro atoms. The van der Waals surface area contributed by atoms with Crippen molar-refractivity contribution in [3.8, 4) is 0 Å². The van der Waals surface area contributed by atoms with E-state index in [1.54, 1.807) is 0 Å². The maximum absolute atomic E-state index is 1.50. The fraction of sp³-hybridized carbons (Fsp3) is 1.00. The first-order valence-electron chi connectivity index (χ1n) is 9.50. The van der Waals surface area contributed by atoms with Crippen molar-refractivity contribution in [1.29, 1.82) is 0 Å². The third-order valence-corrected chi connectivity index (χ3v) is 4.35. The van der Waals surface area contributed by atoms with Gasteiger partial charge in [-0.3, -0.25) is 0 Å². The van der Waals surface area contributed by atoms with Crippen LogP contribution in [0, 0.1) is 0 Å². The van der Waals surface area contributed by atoms with E-state index < -0.39 is 0 Å². The van der Waals surface area contributed by atoms with Crippen molar-refractivity contribution in [3.05, 3.63) is 0 Å². The highest BCUT2D eigenvalue weighted by Gasteiger charge is 1.96. The molecule has 0 amide bonds. The lowest BCUT2D eigenvalue weighted by atomic mass is 10.0. The summed E-state index contributed by atoms with van der Waals surface area (Å²) in [5.41, 5.74) is 0. The predicted octanol–water partition coefficient (Wildman–Crippen LogP) is 7.41. The van der Waals surface area contributed by atoms with Crippen LogP contribution in [-0.2, 0) is 0 Å². The Morgan fingerprint density at radius 3 is 0.211 bits per heavy atom. The normalized spacial score (nSPS) is 24.0. The molecule has 114 valence electrons. The Morgan fingerprint density at radius 1 is 0.105 bits per heavy atom. The third kappa shape index (κ3) is 15.9. The van der Waals surface area contributed by atoms with Gasteiger partial charge in [-0.1, -0.05) is 122 Å². The zero-order valence-corrected chi connectivity index (χ0v) is 13.4. The van der Waals surface area contributed by atoms with Gasteiger partial charge in [0.25, 0.3) is 0 Å². The molecule has 0 unspecified atom stereocenters. The Bertz CT molecular complexity index is 108. The van der Waals surface area contributed by atoms with E-state index >= 15 is 0 Å². The lowest BCUT2D eigenvalue weighted by Crippen LogP contribution is -1.85. The molecule has 0 heteroatoms. The summed E-state index contributed by atoms with van der Waals surface area (Å²) >= 11 is 0. The Morgan fingerprint density at radius 2 is 0.158 bits per heavy atom. The molecule has 0 aromatic heterocycles. The molecular formula is C19H38.